The second-order valence-electron chi connectivity index (χ2n) is 4.98. The Bertz CT molecular complexity index is 319. The van der Waals surface area contributed by atoms with Crippen LogP contribution in [0.5, 0.6) is 0 Å². The third-order valence-corrected chi connectivity index (χ3v) is 2.76. The van der Waals surface area contributed by atoms with Crippen molar-refractivity contribution in [3.63, 3.8) is 0 Å². The first kappa shape index (κ1) is 13.2. The highest BCUT2D eigenvalue weighted by atomic mass is 16.3. The van der Waals surface area contributed by atoms with E-state index in [9.17, 15) is 10.2 Å². The minimum Gasteiger partial charge on any atom is -0.396 e. The molecule has 0 fully saturated rings. The summed E-state index contributed by atoms with van der Waals surface area (Å²) in [5.74, 6) is 0. The maximum atomic E-state index is 9.21. The number of aromatic nitrogens is 1. The maximum absolute atomic E-state index is 9.21. The van der Waals surface area contributed by atoms with Crippen LogP contribution < -0.4 is 0 Å². The molecule has 0 aliphatic rings. The lowest BCUT2D eigenvalue weighted by atomic mass is 9.92. The summed E-state index contributed by atoms with van der Waals surface area (Å²) in [6.07, 6.45) is 4.09. The second kappa shape index (κ2) is 5.48. The maximum Gasteiger partial charge on any atom is 0.0519 e. The molecule has 0 atom stereocenters. The normalized spacial score (nSPS) is 12.4. The topological polar surface area (TPSA) is 48.6 Å². The Morgan fingerprint density at radius 1 is 1.38 bits per heavy atom. The molecule has 0 radical (unpaired) electrons. The fourth-order valence-electron chi connectivity index (χ4n) is 1.82. The van der Waals surface area contributed by atoms with Crippen LogP contribution in [0.3, 0.4) is 0 Å². The Morgan fingerprint density at radius 3 is 2.44 bits per heavy atom. The van der Waals surface area contributed by atoms with Gasteiger partial charge in [-0.15, -0.1) is 0 Å². The molecule has 0 aliphatic heterocycles. The number of rotatable bonds is 6. The number of aliphatic hydroxyl groups excluding tert-OH is 2. The Balaban J connectivity index is 2.50. The summed E-state index contributed by atoms with van der Waals surface area (Å²) in [6.45, 7) is 3.39. The van der Waals surface area contributed by atoms with Crippen LogP contribution in [0.1, 0.15) is 12.5 Å². The summed E-state index contributed by atoms with van der Waals surface area (Å²) in [6, 6.07) is 2.08. The lowest BCUT2D eigenvalue weighted by Crippen LogP contribution is -2.38. The van der Waals surface area contributed by atoms with Crippen molar-refractivity contribution >= 4 is 0 Å². The van der Waals surface area contributed by atoms with Crippen LogP contribution in [0.15, 0.2) is 18.5 Å². The number of nitrogens with zero attached hydrogens (tertiary/aromatic N) is 2. The Morgan fingerprint density at radius 2 is 2.00 bits per heavy atom. The predicted molar refractivity (Wildman–Crippen MR) is 64.0 cm³/mol. The van der Waals surface area contributed by atoms with Gasteiger partial charge in [0.25, 0.3) is 0 Å². The summed E-state index contributed by atoms with van der Waals surface area (Å²) in [4.78, 5) is 2.11. The van der Waals surface area contributed by atoms with E-state index in [1.165, 1.54) is 5.56 Å². The van der Waals surface area contributed by atoms with Crippen LogP contribution in [-0.4, -0.2) is 46.5 Å². The Hall–Kier alpha value is -0.840. The highest BCUT2D eigenvalue weighted by molar-refractivity contribution is 5.09. The molecule has 0 unspecified atom stereocenters. The van der Waals surface area contributed by atoms with Gasteiger partial charge in [-0.2, -0.15) is 0 Å². The zero-order chi connectivity index (χ0) is 12.2. The third kappa shape index (κ3) is 3.63. The van der Waals surface area contributed by atoms with E-state index in [-0.39, 0.29) is 13.2 Å². The number of aryl methyl sites for hydroxylation is 1. The van der Waals surface area contributed by atoms with Crippen molar-refractivity contribution < 1.29 is 10.2 Å². The fourth-order valence-corrected chi connectivity index (χ4v) is 1.82. The Kier molecular flexibility index (Phi) is 4.53. The molecule has 0 amide bonds. The van der Waals surface area contributed by atoms with E-state index in [0.717, 1.165) is 6.54 Å². The smallest absolute Gasteiger partial charge is 0.0519 e. The van der Waals surface area contributed by atoms with E-state index < -0.39 is 5.41 Å². The van der Waals surface area contributed by atoms with Crippen LogP contribution in [0.25, 0.3) is 0 Å². The van der Waals surface area contributed by atoms with Crippen molar-refractivity contribution in [1.29, 1.82) is 0 Å². The second-order valence-corrected chi connectivity index (χ2v) is 4.98. The molecule has 0 bridgehead atoms. The lowest BCUT2D eigenvalue weighted by molar-refractivity contribution is 0.0402. The zero-order valence-electron chi connectivity index (χ0n) is 10.3. The van der Waals surface area contributed by atoms with Gasteiger partial charge in [0, 0.05) is 37.9 Å². The number of aliphatic hydroxyl groups is 2. The van der Waals surface area contributed by atoms with Gasteiger partial charge in [-0.1, -0.05) is 6.92 Å². The first-order chi connectivity index (χ1) is 7.49. The van der Waals surface area contributed by atoms with Crippen LogP contribution in [0, 0.1) is 5.41 Å². The molecular weight excluding hydrogens is 204 g/mol. The largest absolute Gasteiger partial charge is 0.396 e. The highest BCUT2D eigenvalue weighted by Gasteiger charge is 2.24. The molecule has 0 saturated carbocycles. The number of hydrogen-bond acceptors (Lipinski definition) is 3. The molecule has 4 nitrogen and oxygen atoms in total. The predicted octanol–water partition coefficient (Wildman–Crippen LogP) is 0.448. The van der Waals surface area contributed by atoms with Gasteiger partial charge in [0.05, 0.1) is 13.2 Å². The van der Waals surface area contributed by atoms with Crippen molar-refractivity contribution in [3.05, 3.63) is 24.0 Å². The first-order valence-corrected chi connectivity index (χ1v) is 5.50. The summed E-state index contributed by atoms with van der Waals surface area (Å²) >= 11 is 0. The van der Waals surface area contributed by atoms with Crippen molar-refractivity contribution in [2.75, 3.05) is 26.8 Å². The van der Waals surface area contributed by atoms with Crippen LogP contribution in [-0.2, 0) is 13.6 Å². The fraction of sp³-hybridized carbons (Fsp3) is 0.667. The van der Waals surface area contributed by atoms with Gasteiger partial charge in [0.15, 0.2) is 0 Å². The van der Waals surface area contributed by atoms with E-state index >= 15 is 0 Å². The van der Waals surface area contributed by atoms with Crippen molar-refractivity contribution in [1.82, 2.24) is 9.47 Å². The van der Waals surface area contributed by atoms with Crippen LogP contribution in [0.2, 0.25) is 0 Å². The van der Waals surface area contributed by atoms with Gasteiger partial charge in [-0.25, -0.2) is 0 Å². The van der Waals surface area contributed by atoms with E-state index in [0.29, 0.717) is 6.54 Å². The van der Waals surface area contributed by atoms with Gasteiger partial charge < -0.3 is 19.7 Å². The summed E-state index contributed by atoms with van der Waals surface area (Å²) in [5.41, 5.74) is 0.812. The van der Waals surface area contributed by atoms with E-state index in [1.54, 1.807) is 0 Å². The molecule has 0 spiro atoms. The monoisotopic (exact) mass is 226 g/mol. The molecule has 1 aromatic rings. The standard InChI is InChI=1S/C12H22N2O2/c1-12(9-15,10-16)8-14(3)7-11-4-5-13(2)6-11/h4-6,15-16H,7-10H2,1-3H3. The minimum absolute atomic E-state index is 0.00261. The van der Waals surface area contributed by atoms with Crippen LogP contribution in [0.4, 0.5) is 0 Å². The average Bonchev–Trinajstić information content (AvgIpc) is 2.63. The van der Waals surface area contributed by atoms with Crippen molar-refractivity contribution in [2.24, 2.45) is 12.5 Å². The molecule has 0 aromatic carbocycles. The van der Waals surface area contributed by atoms with Gasteiger partial charge in [-0.05, 0) is 18.7 Å². The third-order valence-electron chi connectivity index (χ3n) is 2.76. The molecule has 1 rings (SSSR count). The van der Waals surface area contributed by atoms with E-state index in [4.69, 9.17) is 0 Å². The summed E-state index contributed by atoms with van der Waals surface area (Å²) in [7, 11) is 3.99. The summed E-state index contributed by atoms with van der Waals surface area (Å²) in [5, 5.41) is 18.4. The SMILES string of the molecule is CN(Cc1ccn(C)c1)CC(C)(CO)CO. The van der Waals surface area contributed by atoms with E-state index in [2.05, 4.69) is 17.2 Å². The van der Waals surface area contributed by atoms with Gasteiger partial charge in [-0.3, -0.25) is 0 Å². The van der Waals surface area contributed by atoms with Gasteiger partial charge in [0.1, 0.15) is 0 Å². The highest BCUT2D eigenvalue weighted by Crippen LogP contribution is 2.16. The molecule has 0 saturated heterocycles. The molecule has 2 N–H and O–H groups in total. The first-order valence-electron chi connectivity index (χ1n) is 5.50. The zero-order valence-corrected chi connectivity index (χ0v) is 10.3. The van der Waals surface area contributed by atoms with E-state index in [1.807, 2.05) is 31.8 Å². The van der Waals surface area contributed by atoms with Crippen molar-refractivity contribution in [2.45, 2.75) is 13.5 Å². The molecular formula is C12H22N2O2. The lowest BCUT2D eigenvalue weighted by Gasteiger charge is -2.30. The van der Waals surface area contributed by atoms with Crippen molar-refractivity contribution in [3.8, 4) is 0 Å². The van der Waals surface area contributed by atoms with Gasteiger partial charge >= 0.3 is 0 Å². The summed E-state index contributed by atoms with van der Waals surface area (Å²) < 4.78 is 2.01. The molecule has 1 heterocycles. The quantitative estimate of drug-likeness (QED) is 0.740. The molecule has 0 aliphatic carbocycles. The average molecular weight is 226 g/mol. The number of hydrogen-bond donors (Lipinski definition) is 2. The van der Waals surface area contributed by atoms with Crippen LogP contribution >= 0.6 is 0 Å². The molecule has 92 valence electrons. The molecule has 4 heteroatoms. The Labute approximate surface area is 97.1 Å². The molecule has 1 aromatic heterocycles. The van der Waals surface area contributed by atoms with Gasteiger partial charge in [0.2, 0.25) is 0 Å². The minimum atomic E-state index is -0.427. The molecule has 16 heavy (non-hydrogen) atoms.